The summed E-state index contributed by atoms with van der Waals surface area (Å²) in [5.41, 5.74) is 19.0. The van der Waals surface area contributed by atoms with Gasteiger partial charge in [0.2, 0.25) is 23.8 Å². The molecule has 4 aliphatic heterocycles. The maximum absolute atomic E-state index is 6.58. The van der Waals surface area contributed by atoms with E-state index >= 15 is 0 Å². The minimum atomic E-state index is 0.163. The minimum absolute atomic E-state index is 0.163. The molecule has 0 bridgehead atoms. The quantitative estimate of drug-likeness (QED) is 0.0287. The van der Waals surface area contributed by atoms with E-state index in [2.05, 4.69) is 145 Å². The van der Waals surface area contributed by atoms with Crippen LogP contribution in [0.5, 0.6) is 23.0 Å². The second kappa shape index (κ2) is 40.0. The van der Waals surface area contributed by atoms with Crippen molar-refractivity contribution in [2.75, 3.05) is 80.7 Å². The van der Waals surface area contributed by atoms with Crippen molar-refractivity contribution < 1.29 is 18.9 Å². The van der Waals surface area contributed by atoms with Crippen molar-refractivity contribution in [3.05, 3.63) is 252 Å². The van der Waals surface area contributed by atoms with Crippen molar-refractivity contribution in [2.45, 2.75) is 88.6 Å². The molecule has 0 spiro atoms. The Labute approximate surface area is 784 Å². The lowest BCUT2D eigenvalue weighted by atomic mass is 10.1. The van der Waals surface area contributed by atoms with Gasteiger partial charge in [0.1, 0.15) is 57.4 Å². The molecule has 30 nitrogen and oxygen atoms in total. The predicted octanol–water partition coefficient (Wildman–Crippen LogP) is 19.9. The van der Waals surface area contributed by atoms with Crippen LogP contribution in [0.4, 0.5) is 46.5 Å². The molecular weight excluding hydrogens is 1750 g/mol. The van der Waals surface area contributed by atoms with E-state index in [0.29, 0.717) is 39.8 Å². The number of aromatic nitrogens is 18. The zero-order chi connectivity index (χ0) is 90.1. The van der Waals surface area contributed by atoms with Gasteiger partial charge in [-0.25, -0.2) is 49.8 Å². The third-order valence-electron chi connectivity index (χ3n) is 23.6. The minimum Gasteiger partial charge on any atom is -0.490 e. The Morgan fingerprint density at radius 2 is 0.857 bits per heavy atom. The van der Waals surface area contributed by atoms with E-state index in [1.807, 2.05) is 203 Å². The Hall–Kier alpha value is -14.0. The first-order valence-corrected chi connectivity index (χ1v) is 47.0. The van der Waals surface area contributed by atoms with Gasteiger partial charge in [-0.05, 0) is 217 Å². The molecule has 23 rings (SSSR count). The van der Waals surface area contributed by atoms with Crippen LogP contribution in [-0.4, -0.2) is 179 Å². The van der Waals surface area contributed by atoms with Crippen LogP contribution in [0.2, 0.25) is 10.0 Å². The Balaban J connectivity index is 0.000000110. The van der Waals surface area contributed by atoms with Gasteiger partial charge in [-0.3, -0.25) is 19.6 Å². The van der Waals surface area contributed by atoms with Gasteiger partial charge in [-0.1, -0.05) is 47.5 Å². The van der Waals surface area contributed by atoms with Crippen molar-refractivity contribution >= 4 is 136 Å². The lowest BCUT2D eigenvalue weighted by molar-refractivity contribution is 0.115. The Morgan fingerprint density at radius 3 is 1.32 bits per heavy atom. The number of nitrogens with one attached hydrogen (secondary N) is 9. The number of hydrogen-bond acceptors (Lipinski definition) is 28. The second-order valence-corrected chi connectivity index (χ2v) is 36.3. The van der Waals surface area contributed by atoms with E-state index in [0.717, 1.165) is 252 Å². The molecule has 10 aromatic heterocycles. The summed E-state index contributed by atoms with van der Waals surface area (Å²) in [5, 5.41) is 57.0. The van der Waals surface area contributed by atoms with Crippen molar-refractivity contribution in [1.29, 1.82) is 0 Å². The molecule has 8 aromatic carbocycles. The zero-order valence-corrected chi connectivity index (χ0v) is 76.6. The number of rotatable bonds is 23. The number of hydrogen-bond donors (Lipinski definition) is 9. The van der Waals surface area contributed by atoms with Gasteiger partial charge in [0, 0.05) is 204 Å². The smallest absolute Gasteiger partial charge is 0.227 e. The highest BCUT2D eigenvalue weighted by Crippen LogP contribution is 2.44. The maximum atomic E-state index is 6.58. The van der Waals surface area contributed by atoms with Crippen molar-refractivity contribution in [3.63, 3.8) is 0 Å². The largest absolute Gasteiger partial charge is 0.490 e. The molecule has 9 N–H and O–H groups in total. The highest BCUT2D eigenvalue weighted by Gasteiger charge is 2.28. The summed E-state index contributed by atoms with van der Waals surface area (Å²) >= 11 is 16.2. The van der Waals surface area contributed by atoms with Crippen molar-refractivity contribution in [1.82, 2.24) is 111 Å². The second-order valence-electron chi connectivity index (χ2n) is 33.7. The molecule has 14 heterocycles. The van der Waals surface area contributed by atoms with Gasteiger partial charge in [0.05, 0.1) is 67.0 Å². The van der Waals surface area contributed by atoms with E-state index in [4.69, 9.17) is 57.1 Å². The molecule has 0 amide bonds. The molecule has 1 aliphatic carbocycles. The summed E-state index contributed by atoms with van der Waals surface area (Å²) in [4.78, 5) is 48.5. The standard InChI is InChI=1S/C26H25N7OS.C25H25ClN6O.C25H23N7OS.C23H23ClN6O/c1-33-10-6-20(7-11-33)34-24-15-23-18(14-21(24)25-27-9-12-35-25)16-28-26(31-23)30-19-4-2-3-17(13-19)22-5-8-29-32-22;1-32-14-19(12-29-32)17-7-20(10-22(8-17)33-21-4-5-27-13-21)30-25-28-11-18-6-16(15-2-3-15)9-23(26)24(18)31-25;1-2-16(21-6-9-29-32-21)12-18(3-1)30-25-28-15-17-13-20(24-27-10-11-34-24)23(14-22(17)31-25)33-19-4-7-26-8-5-19;1-14-5-16-10-26-23(29-22(16)21(24)6-14)28-18-7-15(17-11-27-30(2)13-17)8-20(9-18)31-19-3-4-25-12-19/h2-5,8-9,12-16,20H,6-7,10-11H2,1H3,(H,29,32)(H,28,30,31);6-12,14-15,21,27H,2-5,13H2,1H3,(H,28,30,31);1-3,6,9-15,19,26H,4-5,7-8H2,(H,29,32)(H,28,30,31);5-11,13,19,25H,3-4,12H2,1-2H3,(H,26,28,29)/t;21-;;19-/m.1.1/s1. The van der Waals surface area contributed by atoms with Crippen LogP contribution < -0.4 is 56.2 Å². The van der Waals surface area contributed by atoms with Gasteiger partial charge >= 0.3 is 0 Å². The maximum Gasteiger partial charge on any atom is 0.227 e. The average Bonchev–Trinajstić information content (AvgIpc) is 1.71. The average molecular weight is 1850 g/mol. The van der Waals surface area contributed by atoms with Crippen LogP contribution in [0.3, 0.4) is 0 Å². The number of H-pyrrole nitrogens is 2. The summed E-state index contributed by atoms with van der Waals surface area (Å²) < 4.78 is 29.1. The first-order chi connectivity index (χ1) is 65.2. The number of halogens is 2. The molecule has 34 heteroatoms. The highest BCUT2D eigenvalue weighted by molar-refractivity contribution is 7.13. The number of benzene rings is 8. The molecule has 0 radical (unpaired) electrons. The molecule has 133 heavy (non-hydrogen) atoms. The van der Waals surface area contributed by atoms with Gasteiger partial charge < -0.3 is 61.1 Å². The Bertz CT molecular complexity index is 7080. The molecule has 18 aromatic rings. The van der Waals surface area contributed by atoms with Crippen LogP contribution >= 0.6 is 45.9 Å². The number of aryl methyl sites for hydroxylation is 3. The van der Waals surface area contributed by atoms with Crippen LogP contribution in [0.1, 0.15) is 68.4 Å². The molecule has 2 atom stereocenters. The fourth-order valence-corrected chi connectivity index (χ4v) is 18.6. The first kappa shape index (κ1) is 87.0. The van der Waals surface area contributed by atoms with E-state index < -0.39 is 0 Å². The number of piperidine rings is 2. The molecular formula is C99H96Cl2N26O4S2. The monoisotopic (exact) mass is 1850 g/mol. The number of thiazole rings is 2. The van der Waals surface area contributed by atoms with Gasteiger partial charge in [-0.15, -0.1) is 22.7 Å². The molecule has 1 saturated carbocycles. The topological polar surface area (TPSA) is 346 Å². The highest BCUT2D eigenvalue weighted by atomic mass is 35.5. The number of fused-ring (bicyclic) bond motifs is 4. The SMILES string of the molecule is CN1CCC(Oc2cc3nc(Nc4cccc(-c5ccn[nH]5)c4)ncc3cc2-c2nccs2)CC1.Cc1cc(Cl)c2nc(Nc3cc(O[C@@H]4CCNC4)cc(-c4cnn(C)c4)c3)ncc2c1.Cn1cc(-c2cc(Nc3ncc4cc(C5CC5)cc(Cl)c4n3)cc(O[C@@H]3CCNC3)c2)cn1.c1cc(Nc2ncc3cc(-c4nccs4)c(OC4CCNCC4)cc3n2)cc(-c2ccn[nH]2)c1. The predicted molar refractivity (Wildman–Crippen MR) is 527 cm³/mol. The summed E-state index contributed by atoms with van der Waals surface area (Å²) in [6.07, 6.45) is 31.2. The van der Waals surface area contributed by atoms with Crippen molar-refractivity contribution in [2.24, 2.45) is 14.1 Å². The number of ether oxygens (including phenoxy) is 4. The molecule has 5 fully saturated rings. The summed E-state index contributed by atoms with van der Waals surface area (Å²) in [5.74, 6) is 5.93. The number of likely N-dealkylation sites (tertiary alicyclic amines) is 1. The Kier molecular flexibility index (Phi) is 26.2. The van der Waals surface area contributed by atoms with Crippen LogP contribution in [0.25, 0.3) is 110 Å². The van der Waals surface area contributed by atoms with E-state index in [9.17, 15) is 0 Å². The van der Waals surface area contributed by atoms with E-state index in [-0.39, 0.29) is 24.4 Å². The zero-order valence-electron chi connectivity index (χ0n) is 73.4. The lowest BCUT2D eigenvalue weighted by Crippen LogP contribution is -2.35. The number of aromatic amines is 2. The third-order valence-corrected chi connectivity index (χ3v) is 25.8. The summed E-state index contributed by atoms with van der Waals surface area (Å²) in [6.45, 7) is 9.69. The molecule has 4 saturated heterocycles. The number of nitrogens with zero attached hydrogens (tertiary/aromatic N) is 17. The third kappa shape index (κ3) is 21.6. The van der Waals surface area contributed by atoms with E-state index in [1.165, 1.54) is 18.4 Å². The van der Waals surface area contributed by atoms with Gasteiger partial charge in [0.25, 0.3) is 0 Å². The summed E-state index contributed by atoms with van der Waals surface area (Å²) in [7, 11) is 5.97. The van der Waals surface area contributed by atoms with Gasteiger partial charge in [0.15, 0.2) is 0 Å². The summed E-state index contributed by atoms with van der Waals surface area (Å²) in [6, 6.07) is 48.5. The fraction of sp³-hybridized carbons (Fsp3) is 0.253. The fourth-order valence-electron chi connectivity index (χ4n) is 16.7. The van der Waals surface area contributed by atoms with Crippen LogP contribution in [-0.2, 0) is 14.1 Å². The number of anilines is 8. The normalized spacial score (nSPS) is 15.8. The molecule has 672 valence electrons. The Morgan fingerprint density at radius 1 is 0.398 bits per heavy atom. The van der Waals surface area contributed by atoms with Gasteiger partial charge in [-0.2, -0.15) is 20.4 Å². The van der Waals surface area contributed by atoms with Crippen LogP contribution in [0.15, 0.2) is 231 Å². The first-order valence-electron chi connectivity index (χ1n) is 44.5. The molecule has 0 unspecified atom stereocenters. The molecule has 5 aliphatic rings. The van der Waals surface area contributed by atoms with Crippen LogP contribution in [0, 0.1) is 6.92 Å². The van der Waals surface area contributed by atoms with E-state index in [1.54, 1.807) is 50.6 Å². The van der Waals surface area contributed by atoms with Crippen molar-refractivity contribution in [3.8, 4) is 88.9 Å². The lowest BCUT2D eigenvalue weighted by Gasteiger charge is -2.29.